The molecule has 2 aromatic carbocycles. The first-order valence-corrected chi connectivity index (χ1v) is 19.3. The van der Waals surface area contributed by atoms with E-state index in [1.807, 2.05) is 57.7 Å². The molecule has 2 fully saturated rings. The van der Waals surface area contributed by atoms with Crippen LogP contribution in [0.3, 0.4) is 0 Å². The predicted octanol–water partition coefficient (Wildman–Crippen LogP) is 7.38. The molecule has 2 aliphatic heterocycles. The van der Waals surface area contributed by atoms with Gasteiger partial charge in [-0.25, -0.2) is 22.9 Å². The number of amides is 2. The molecule has 1 saturated heterocycles. The highest BCUT2D eigenvalue weighted by atomic mass is 32.2. The number of fused-ring (bicyclic) bond motifs is 4. The summed E-state index contributed by atoms with van der Waals surface area (Å²) in [7, 11) is -4.16. The Morgan fingerprint density at radius 3 is 2.25 bits per heavy atom. The summed E-state index contributed by atoms with van der Waals surface area (Å²) < 4.78 is 42.1. The summed E-state index contributed by atoms with van der Waals surface area (Å²) in [5.41, 5.74) is 2.96. The highest BCUT2D eigenvalue weighted by Crippen LogP contribution is 2.52. The Labute approximate surface area is 302 Å². The average Bonchev–Trinajstić information content (AvgIpc) is 3.01. The van der Waals surface area contributed by atoms with Crippen molar-refractivity contribution in [2.45, 2.75) is 110 Å². The van der Waals surface area contributed by atoms with E-state index in [1.165, 1.54) is 12.1 Å². The van der Waals surface area contributed by atoms with Crippen LogP contribution in [0.1, 0.15) is 95.1 Å². The first-order valence-electron chi connectivity index (χ1n) is 17.8. The van der Waals surface area contributed by atoms with Crippen LogP contribution in [0.5, 0.6) is 5.88 Å². The number of carbonyl (C=O) groups excluding carboxylic acids is 2. The summed E-state index contributed by atoms with van der Waals surface area (Å²) >= 11 is 0. The number of rotatable bonds is 3. The Morgan fingerprint density at radius 1 is 0.980 bits per heavy atom. The smallest absolute Gasteiger partial charge is 0.410 e. The third-order valence-corrected chi connectivity index (χ3v) is 11.5. The molecule has 12 heteroatoms. The van der Waals surface area contributed by atoms with Crippen LogP contribution in [-0.4, -0.2) is 77.6 Å². The third kappa shape index (κ3) is 8.16. The SMILES string of the molecule is Cc1cccc(C)c1-c1cc2nc(n1)NS(=O)(=O)c1cccc(c1)C(=O)N(C1CC3(CCN(C(=O)OC(C)(C)C)CC3)C1)[C@H](CC(C)(C)C)CO2. The van der Waals surface area contributed by atoms with E-state index < -0.39 is 15.6 Å². The van der Waals surface area contributed by atoms with Crippen molar-refractivity contribution in [2.75, 3.05) is 24.4 Å². The molecular weight excluding hydrogens is 667 g/mol. The lowest BCUT2D eigenvalue weighted by Crippen LogP contribution is -2.60. The molecule has 2 amide bonds. The topological polar surface area (TPSA) is 131 Å². The lowest BCUT2D eigenvalue weighted by molar-refractivity contribution is -0.0573. The van der Waals surface area contributed by atoms with Crippen molar-refractivity contribution in [1.82, 2.24) is 19.8 Å². The van der Waals surface area contributed by atoms with E-state index in [0.29, 0.717) is 30.8 Å². The van der Waals surface area contributed by atoms with Gasteiger partial charge >= 0.3 is 6.09 Å². The molecule has 0 radical (unpaired) electrons. The molecule has 1 spiro atoms. The van der Waals surface area contributed by atoms with E-state index in [4.69, 9.17) is 9.47 Å². The number of likely N-dealkylation sites (tertiary alicyclic amines) is 1. The number of nitrogens with zero attached hydrogens (tertiary/aromatic N) is 4. The molecule has 3 aliphatic rings. The Morgan fingerprint density at radius 2 is 1.63 bits per heavy atom. The Bertz CT molecular complexity index is 1900. The van der Waals surface area contributed by atoms with Crippen LogP contribution in [0, 0.1) is 24.7 Å². The van der Waals surface area contributed by atoms with Gasteiger partial charge in [-0.15, -0.1) is 0 Å². The van der Waals surface area contributed by atoms with Gasteiger partial charge in [0.25, 0.3) is 15.9 Å². The Kier molecular flexibility index (Phi) is 9.63. The number of carbonyl (C=O) groups is 2. The summed E-state index contributed by atoms with van der Waals surface area (Å²) in [6, 6.07) is 13.4. The zero-order chi connectivity index (χ0) is 36.9. The van der Waals surface area contributed by atoms with Gasteiger partial charge in [-0.1, -0.05) is 45.0 Å². The lowest BCUT2D eigenvalue weighted by atomic mass is 9.59. The number of ether oxygens (including phenoxy) is 2. The summed E-state index contributed by atoms with van der Waals surface area (Å²) in [5.74, 6) is -0.120. The molecule has 3 aromatic rings. The normalized spacial score (nSPS) is 20.6. The number of hydrogen-bond acceptors (Lipinski definition) is 8. The van der Waals surface area contributed by atoms with E-state index >= 15 is 0 Å². The van der Waals surface area contributed by atoms with Crippen LogP contribution < -0.4 is 9.46 Å². The van der Waals surface area contributed by atoms with Crippen molar-refractivity contribution in [3.8, 4) is 17.1 Å². The molecule has 1 aromatic heterocycles. The molecule has 1 aliphatic carbocycles. The Balaban J connectivity index is 1.36. The molecule has 11 nitrogen and oxygen atoms in total. The number of hydrogen-bond donors (Lipinski definition) is 1. The number of benzene rings is 2. The second-order valence-corrected chi connectivity index (χ2v) is 18.5. The van der Waals surface area contributed by atoms with E-state index in [0.717, 1.165) is 42.4 Å². The minimum Gasteiger partial charge on any atom is -0.475 e. The molecule has 0 unspecified atom stereocenters. The van der Waals surface area contributed by atoms with E-state index in [9.17, 15) is 18.0 Å². The maximum atomic E-state index is 14.7. The second-order valence-electron chi connectivity index (χ2n) is 16.8. The van der Waals surface area contributed by atoms with Gasteiger partial charge in [0.05, 0.1) is 16.6 Å². The van der Waals surface area contributed by atoms with Crippen molar-refractivity contribution in [3.63, 3.8) is 0 Å². The summed E-state index contributed by atoms with van der Waals surface area (Å²) in [6.07, 6.45) is 3.59. The monoisotopic (exact) mass is 717 g/mol. The standard InChI is InChI=1S/C39H51N5O6S/c1-25-11-9-12-26(2)33(25)31-20-32-41-35(40-31)42-51(47,48)30-14-10-13-27(19-30)34(45)44(29(24-49-32)21-37(3,4)5)28-22-39(23-28)15-17-43(18-16-39)36(46)50-38(6,7)8/h9-14,19-20,28-29H,15-18,21-24H2,1-8H3,(H,40,41,42)/t29-/m1/s1. The van der Waals surface area contributed by atoms with Gasteiger partial charge in [-0.05, 0) is 107 Å². The third-order valence-electron chi connectivity index (χ3n) is 10.2. The molecular formula is C39H51N5O6S. The summed E-state index contributed by atoms with van der Waals surface area (Å²) in [6.45, 7) is 17.4. The Hall–Kier alpha value is -4.19. The number of sulfonamides is 1. The molecule has 6 rings (SSSR count). The van der Waals surface area contributed by atoms with Gasteiger partial charge in [0.15, 0.2) is 0 Å². The number of piperidine rings is 1. The fourth-order valence-electron chi connectivity index (χ4n) is 7.81. The largest absolute Gasteiger partial charge is 0.475 e. The van der Waals surface area contributed by atoms with Crippen LogP contribution in [0.4, 0.5) is 10.7 Å². The highest BCUT2D eigenvalue weighted by molar-refractivity contribution is 7.92. The maximum Gasteiger partial charge on any atom is 0.410 e. The number of nitrogens with one attached hydrogen (secondary N) is 1. The van der Waals surface area contributed by atoms with Gasteiger partial charge in [0, 0.05) is 36.3 Å². The zero-order valence-corrected chi connectivity index (χ0v) is 31.9. The van der Waals surface area contributed by atoms with Crippen LogP contribution >= 0.6 is 0 Å². The number of aromatic nitrogens is 2. The van der Waals surface area contributed by atoms with Crippen LogP contribution in [0.15, 0.2) is 53.4 Å². The summed E-state index contributed by atoms with van der Waals surface area (Å²) in [4.78, 5) is 40.3. The first kappa shape index (κ1) is 36.6. The molecule has 1 atom stereocenters. The lowest BCUT2D eigenvalue weighted by Gasteiger charge is -2.56. The predicted molar refractivity (Wildman–Crippen MR) is 196 cm³/mol. The molecule has 4 bridgehead atoms. The van der Waals surface area contributed by atoms with Crippen LogP contribution in [-0.2, 0) is 14.8 Å². The van der Waals surface area contributed by atoms with Crippen molar-refractivity contribution >= 4 is 28.0 Å². The van der Waals surface area contributed by atoms with Gasteiger partial charge in [0.1, 0.15) is 12.2 Å². The molecule has 3 heterocycles. The molecule has 1 N–H and O–H groups in total. The minimum absolute atomic E-state index is 0.00867. The van der Waals surface area contributed by atoms with Crippen molar-refractivity contribution in [1.29, 1.82) is 0 Å². The van der Waals surface area contributed by atoms with Crippen molar-refractivity contribution in [2.24, 2.45) is 10.8 Å². The van der Waals surface area contributed by atoms with Gasteiger partial charge in [-0.2, -0.15) is 4.98 Å². The van der Waals surface area contributed by atoms with Crippen molar-refractivity contribution in [3.05, 3.63) is 65.2 Å². The fourth-order valence-corrected chi connectivity index (χ4v) is 8.80. The molecule has 51 heavy (non-hydrogen) atoms. The maximum absolute atomic E-state index is 14.7. The quantitative estimate of drug-likeness (QED) is 0.297. The van der Waals surface area contributed by atoms with E-state index in [2.05, 4.69) is 35.5 Å². The average molecular weight is 718 g/mol. The van der Waals surface area contributed by atoms with Crippen molar-refractivity contribution < 1.29 is 27.5 Å². The van der Waals surface area contributed by atoms with Gasteiger partial charge in [0.2, 0.25) is 11.8 Å². The number of aryl methyl sites for hydroxylation is 2. The highest BCUT2D eigenvalue weighted by Gasteiger charge is 2.51. The van der Waals surface area contributed by atoms with Gasteiger partial charge in [-0.3, -0.25) is 4.79 Å². The van der Waals surface area contributed by atoms with E-state index in [-0.39, 0.29) is 58.2 Å². The molecule has 274 valence electrons. The fraction of sp³-hybridized carbons (Fsp3) is 0.538. The first-order chi connectivity index (χ1) is 23.8. The van der Waals surface area contributed by atoms with Crippen LogP contribution in [0.25, 0.3) is 11.3 Å². The zero-order valence-electron chi connectivity index (χ0n) is 31.1. The van der Waals surface area contributed by atoms with E-state index in [1.54, 1.807) is 23.1 Å². The molecule has 1 saturated carbocycles. The minimum atomic E-state index is -4.16. The van der Waals surface area contributed by atoms with Gasteiger partial charge < -0.3 is 19.3 Å². The number of anilines is 1. The summed E-state index contributed by atoms with van der Waals surface area (Å²) in [5, 5.41) is 0. The van der Waals surface area contributed by atoms with Crippen LogP contribution in [0.2, 0.25) is 0 Å². The second kappa shape index (κ2) is 13.4.